The van der Waals surface area contributed by atoms with Gasteiger partial charge < -0.3 is 9.47 Å². The van der Waals surface area contributed by atoms with Gasteiger partial charge >= 0.3 is 0 Å². The van der Waals surface area contributed by atoms with Gasteiger partial charge in [-0.05, 0) is 29.9 Å². The third-order valence-electron chi connectivity index (χ3n) is 6.04. The van der Waals surface area contributed by atoms with E-state index < -0.39 is 0 Å². The van der Waals surface area contributed by atoms with Crippen molar-refractivity contribution in [3.63, 3.8) is 0 Å². The highest BCUT2D eigenvalue weighted by atomic mass is 16.7. The molecule has 0 radical (unpaired) electrons. The number of hydrogen-bond acceptors (Lipinski definition) is 3. The lowest BCUT2D eigenvalue weighted by molar-refractivity contribution is -0.0531. The number of nitrogens with zero attached hydrogens (tertiary/aromatic N) is 1. The lowest BCUT2D eigenvalue weighted by Crippen LogP contribution is -2.38. The third kappa shape index (κ3) is 4.01. The fourth-order valence-electron chi connectivity index (χ4n) is 4.81. The molecular weight excluding hydrogens is 334 g/mol. The fraction of sp³-hybridized carbons (Fsp3) is 0.417. The highest BCUT2D eigenvalue weighted by molar-refractivity contribution is 5.28. The highest BCUT2D eigenvalue weighted by Crippen LogP contribution is 2.45. The number of fused-ring (bicyclic) bond motifs is 1. The Kier molecular flexibility index (Phi) is 6.03. The van der Waals surface area contributed by atoms with E-state index in [0.29, 0.717) is 31.3 Å². The topological polar surface area (TPSA) is 21.7 Å². The summed E-state index contributed by atoms with van der Waals surface area (Å²) in [5, 5.41) is 0. The molecule has 1 fully saturated rings. The predicted octanol–water partition coefficient (Wildman–Crippen LogP) is 4.78. The summed E-state index contributed by atoms with van der Waals surface area (Å²) in [6, 6.07) is 22.5. The van der Waals surface area contributed by atoms with Gasteiger partial charge in [-0.3, -0.25) is 4.90 Å². The first-order valence-corrected chi connectivity index (χ1v) is 9.97. The van der Waals surface area contributed by atoms with E-state index in [1.165, 1.54) is 24.0 Å². The van der Waals surface area contributed by atoms with E-state index in [9.17, 15) is 0 Å². The van der Waals surface area contributed by atoms with Crippen LogP contribution in [0.5, 0.6) is 0 Å². The minimum Gasteiger partial charge on any atom is -0.359 e. The van der Waals surface area contributed by atoms with E-state index in [1.54, 1.807) is 7.11 Å². The van der Waals surface area contributed by atoms with E-state index in [2.05, 4.69) is 77.7 Å². The van der Waals surface area contributed by atoms with Crippen LogP contribution >= 0.6 is 0 Å². The van der Waals surface area contributed by atoms with Gasteiger partial charge in [-0.25, -0.2) is 0 Å². The Labute approximate surface area is 162 Å². The molecule has 0 aromatic heterocycles. The second-order valence-electron chi connectivity index (χ2n) is 7.58. The van der Waals surface area contributed by atoms with Crippen molar-refractivity contribution >= 4 is 0 Å². The highest BCUT2D eigenvalue weighted by Gasteiger charge is 2.44. The smallest absolute Gasteiger partial charge is 0.146 e. The molecule has 1 saturated heterocycles. The SMILES string of the molecule is COCOC[C@@H](c1ccccc1)N1C[C@H](c2ccccc2)[C@@H]2CCC=C[C@H]21. The number of hydrogen-bond donors (Lipinski definition) is 0. The molecule has 1 aliphatic heterocycles. The standard InChI is InChI=1S/C24H29NO2/c1-26-18-27-17-24(20-12-6-3-7-13-20)25-16-22(19-10-4-2-5-11-19)21-14-8-9-15-23(21)25/h2-7,9-13,15,21-24H,8,14,16-18H2,1H3/t21-,22+,23+,24-/m0/s1. The Bertz CT molecular complexity index is 731. The van der Waals surface area contributed by atoms with Crippen LogP contribution in [0.3, 0.4) is 0 Å². The third-order valence-corrected chi connectivity index (χ3v) is 6.04. The normalized spacial score (nSPS) is 26.0. The van der Waals surface area contributed by atoms with Crippen LogP contribution in [0.1, 0.15) is 35.9 Å². The molecule has 27 heavy (non-hydrogen) atoms. The molecule has 1 aliphatic carbocycles. The molecule has 4 rings (SSSR count). The van der Waals surface area contributed by atoms with E-state index in [4.69, 9.17) is 9.47 Å². The molecule has 1 heterocycles. The van der Waals surface area contributed by atoms with Crippen molar-refractivity contribution < 1.29 is 9.47 Å². The molecule has 0 unspecified atom stereocenters. The minimum atomic E-state index is 0.241. The summed E-state index contributed by atoms with van der Waals surface area (Å²) in [7, 11) is 1.68. The quantitative estimate of drug-likeness (QED) is 0.401. The van der Waals surface area contributed by atoms with E-state index in [-0.39, 0.29) is 6.04 Å². The van der Waals surface area contributed by atoms with Crippen LogP contribution in [-0.4, -0.2) is 38.0 Å². The van der Waals surface area contributed by atoms with Gasteiger partial charge in [0.05, 0.1) is 12.6 Å². The summed E-state index contributed by atoms with van der Waals surface area (Å²) in [6.07, 6.45) is 7.25. The number of allylic oxidation sites excluding steroid dienone is 1. The molecule has 0 spiro atoms. The van der Waals surface area contributed by atoms with Gasteiger partial charge in [-0.15, -0.1) is 0 Å². The molecule has 0 N–H and O–H groups in total. The molecule has 3 heteroatoms. The molecule has 142 valence electrons. The number of methoxy groups -OCH3 is 1. The molecule has 0 bridgehead atoms. The first-order valence-electron chi connectivity index (χ1n) is 9.97. The molecule has 2 aliphatic rings. The Balaban J connectivity index is 1.64. The zero-order valence-corrected chi connectivity index (χ0v) is 16.0. The molecule has 2 aromatic rings. The van der Waals surface area contributed by atoms with E-state index in [0.717, 1.165) is 6.54 Å². The molecule has 3 nitrogen and oxygen atoms in total. The summed E-state index contributed by atoms with van der Waals surface area (Å²) >= 11 is 0. The summed E-state index contributed by atoms with van der Waals surface area (Å²) < 4.78 is 11.0. The van der Waals surface area contributed by atoms with Crippen LogP contribution in [0.4, 0.5) is 0 Å². The van der Waals surface area contributed by atoms with Crippen LogP contribution in [0.15, 0.2) is 72.8 Å². The van der Waals surface area contributed by atoms with Gasteiger partial charge in [0.15, 0.2) is 0 Å². The maximum Gasteiger partial charge on any atom is 0.146 e. The first kappa shape index (κ1) is 18.4. The Morgan fingerprint density at radius 2 is 1.78 bits per heavy atom. The van der Waals surface area contributed by atoms with Crippen molar-refractivity contribution in [3.05, 3.63) is 83.9 Å². The largest absolute Gasteiger partial charge is 0.359 e. The molecule has 2 aromatic carbocycles. The average molecular weight is 364 g/mol. The Morgan fingerprint density at radius 3 is 2.52 bits per heavy atom. The second kappa shape index (κ2) is 8.83. The molecule has 4 atom stereocenters. The van der Waals surface area contributed by atoms with Gasteiger partial charge in [0.25, 0.3) is 0 Å². The van der Waals surface area contributed by atoms with Gasteiger partial charge in [-0.1, -0.05) is 72.8 Å². The second-order valence-corrected chi connectivity index (χ2v) is 7.58. The lowest BCUT2D eigenvalue weighted by Gasteiger charge is -2.34. The average Bonchev–Trinajstić information content (AvgIpc) is 3.12. The zero-order valence-electron chi connectivity index (χ0n) is 16.0. The van der Waals surface area contributed by atoms with Crippen molar-refractivity contribution in [2.45, 2.75) is 30.8 Å². The van der Waals surface area contributed by atoms with Crippen molar-refractivity contribution in [3.8, 4) is 0 Å². The maximum absolute atomic E-state index is 5.84. The van der Waals surface area contributed by atoms with Crippen LogP contribution in [0, 0.1) is 5.92 Å². The van der Waals surface area contributed by atoms with Crippen molar-refractivity contribution in [2.75, 3.05) is 27.1 Å². The monoisotopic (exact) mass is 363 g/mol. The molecule has 0 amide bonds. The van der Waals surface area contributed by atoms with Crippen molar-refractivity contribution in [1.82, 2.24) is 4.90 Å². The predicted molar refractivity (Wildman–Crippen MR) is 109 cm³/mol. The van der Waals surface area contributed by atoms with Gasteiger partial charge in [0.1, 0.15) is 6.79 Å². The van der Waals surface area contributed by atoms with Crippen LogP contribution in [-0.2, 0) is 9.47 Å². The zero-order chi connectivity index (χ0) is 18.5. The van der Waals surface area contributed by atoms with Crippen molar-refractivity contribution in [1.29, 1.82) is 0 Å². The molecule has 0 saturated carbocycles. The summed E-state index contributed by atoms with van der Waals surface area (Å²) in [4.78, 5) is 2.66. The van der Waals surface area contributed by atoms with E-state index in [1.807, 2.05) is 0 Å². The summed E-state index contributed by atoms with van der Waals surface area (Å²) in [6.45, 7) is 2.05. The number of benzene rings is 2. The van der Waals surface area contributed by atoms with Crippen molar-refractivity contribution in [2.24, 2.45) is 5.92 Å². The fourth-order valence-corrected chi connectivity index (χ4v) is 4.81. The van der Waals surface area contributed by atoms with Gasteiger partial charge in [-0.2, -0.15) is 0 Å². The van der Waals surface area contributed by atoms with Crippen LogP contribution in [0.2, 0.25) is 0 Å². The Hall–Kier alpha value is -1.94. The number of likely N-dealkylation sites (tertiary alicyclic amines) is 1. The summed E-state index contributed by atoms with van der Waals surface area (Å²) in [5.41, 5.74) is 2.79. The molecular formula is C24H29NO2. The van der Waals surface area contributed by atoms with Gasteiger partial charge in [0, 0.05) is 25.6 Å². The van der Waals surface area contributed by atoms with Gasteiger partial charge in [0.2, 0.25) is 0 Å². The van der Waals surface area contributed by atoms with Crippen LogP contribution in [0.25, 0.3) is 0 Å². The number of rotatable bonds is 7. The van der Waals surface area contributed by atoms with E-state index >= 15 is 0 Å². The lowest BCUT2D eigenvalue weighted by atomic mass is 9.80. The summed E-state index contributed by atoms with van der Waals surface area (Å²) in [5.74, 6) is 1.25. The van der Waals surface area contributed by atoms with Crippen LogP contribution < -0.4 is 0 Å². The Morgan fingerprint density at radius 1 is 1.04 bits per heavy atom. The minimum absolute atomic E-state index is 0.241. The number of ether oxygens (including phenoxy) is 2. The maximum atomic E-state index is 5.84. The first-order chi connectivity index (χ1) is 13.4.